The third-order valence-corrected chi connectivity index (χ3v) is 4.99. The van der Waals surface area contributed by atoms with E-state index in [1.54, 1.807) is 6.07 Å². The van der Waals surface area contributed by atoms with Crippen LogP contribution in [0.15, 0.2) is 36.5 Å². The van der Waals surface area contributed by atoms with E-state index in [1.165, 1.54) is 12.5 Å². The van der Waals surface area contributed by atoms with Gasteiger partial charge in [-0.25, -0.2) is 0 Å². The third-order valence-electron chi connectivity index (χ3n) is 4.99. The van der Waals surface area contributed by atoms with E-state index in [4.69, 9.17) is 9.47 Å². The van der Waals surface area contributed by atoms with E-state index in [-0.39, 0.29) is 6.61 Å². The number of rotatable bonds is 10. The van der Waals surface area contributed by atoms with Gasteiger partial charge >= 0.3 is 6.18 Å². The Hall–Kier alpha value is -2.32. The van der Waals surface area contributed by atoms with Gasteiger partial charge in [0.05, 0.1) is 17.9 Å². The Labute approximate surface area is 181 Å². The molecule has 2 heterocycles. The maximum Gasteiger partial charge on any atom is 0.417 e. The summed E-state index contributed by atoms with van der Waals surface area (Å²) in [5.74, 6) is 2.34. The molecule has 3 rings (SSSR count). The van der Waals surface area contributed by atoms with Gasteiger partial charge in [0, 0.05) is 18.8 Å². The molecule has 31 heavy (non-hydrogen) atoms. The molecule has 1 aromatic heterocycles. The van der Waals surface area contributed by atoms with Gasteiger partial charge in [-0.1, -0.05) is 13.8 Å². The molecule has 5 nitrogen and oxygen atoms in total. The standard InChI is InChI=1S/C23H30F3N3O2/c1-16(2)14-30-21-7-18(12-28-11-17-5-6-27-10-17)8-22(9-21)31-15-20-4-3-19(13-29-20)23(24,25)26/h3-4,7-9,13,16-17,27-28H,5-6,10-12,14-15H2,1-2H3. The molecule has 0 saturated carbocycles. The van der Waals surface area contributed by atoms with E-state index >= 15 is 0 Å². The summed E-state index contributed by atoms with van der Waals surface area (Å²) in [7, 11) is 0. The molecule has 1 saturated heterocycles. The normalized spacial score (nSPS) is 16.6. The Morgan fingerprint density at radius 1 is 1.16 bits per heavy atom. The summed E-state index contributed by atoms with van der Waals surface area (Å²) in [6, 6.07) is 8.07. The molecule has 0 radical (unpaired) electrons. The Morgan fingerprint density at radius 2 is 1.94 bits per heavy atom. The van der Waals surface area contributed by atoms with Gasteiger partial charge in [-0.15, -0.1) is 0 Å². The highest BCUT2D eigenvalue weighted by atomic mass is 19.4. The molecule has 1 aliphatic heterocycles. The first-order chi connectivity index (χ1) is 14.8. The molecule has 170 valence electrons. The quantitative estimate of drug-likeness (QED) is 0.577. The smallest absolute Gasteiger partial charge is 0.417 e. The van der Waals surface area contributed by atoms with Gasteiger partial charge in [0.25, 0.3) is 0 Å². The summed E-state index contributed by atoms with van der Waals surface area (Å²) >= 11 is 0. The van der Waals surface area contributed by atoms with Gasteiger partial charge in [-0.3, -0.25) is 4.98 Å². The zero-order chi connectivity index (χ0) is 22.3. The molecular formula is C23H30F3N3O2. The molecule has 1 aliphatic rings. The van der Waals surface area contributed by atoms with Crippen molar-refractivity contribution in [2.45, 2.75) is 39.6 Å². The average molecular weight is 438 g/mol. The monoisotopic (exact) mass is 437 g/mol. The van der Waals surface area contributed by atoms with Gasteiger partial charge < -0.3 is 20.1 Å². The number of ether oxygens (including phenoxy) is 2. The van der Waals surface area contributed by atoms with Gasteiger partial charge in [-0.05, 0) is 67.7 Å². The van der Waals surface area contributed by atoms with Crippen molar-refractivity contribution in [1.29, 1.82) is 0 Å². The molecule has 1 unspecified atom stereocenters. The van der Waals surface area contributed by atoms with Gasteiger partial charge in [0.2, 0.25) is 0 Å². The number of nitrogens with zero attached hydrogens (tertiary/aromatic N) is 1. The first-order valence-corrected chi connectivity index (χ1v) is 10.6. The molecule has 8 heteroatoms. The van der Waals surface area contributed by atoms with Crippen molar-refractivity contribution in [3.05, 3.63) is 53.3 Å². The van der Waals surface area contributed by atoms with Gasteiger partial charge in [0.15, 0.2) is 0 Å². The highest BCUT2D eigenvalue weighted by Gasteiger charge is 2.30. The summed E-state index contributed by atoms with van der Waals surface area (Å²) in [6.07, 6.45) is -2.39. The van der Waals surface area contributed by atoms with E-state index in [1.807, 2.05) is 12.1 Å². The lowest BCUT2D eigenvalue weighted by molar-refractivity contribution is -0.137. The number of hydrogen-bond donors (Lipinski definition) is 2. The lowest BCUT2D eigenvalue weighted by Crippen LogP contribution is -2.24. The molecule has 1 fully saturated rings. The lowest BCUT2D eigenvalue weighted by atomic mass is 10.1. The third kappa shape index (κ3) is 7.70. The second-order valence-corrected chi connectivity index (χ2v) is 8.33. The Kier molecular flexibility index (Phi) is 8.15. The minimum Gasteiger partial charge on any atom is -0.493 e. The van der Waals surface area contributed by atoms with E-state index in [0.29, 0.717) is 42.2 Å². The molecule has 0 bridgehead atoms. The van der Waals surface area contributed by atoms with Crippen LogP contribution in [-0.4, -0.2) is 31.2 Å². The van der Waals surface area contributed by atoms with Crippen molar-refractivity contribution < 1.29 is 22.6 Å². The van der Waals surface area contributed by atoms with Crippen LogP contribution in [0.5, 0.6) is 11.5 Å². The lowest BCUT2D eigenvalue weighted by Gasteiger charge is -2.15. The van der Waals surface area contributed by atoms with Crippen LogP contribution in [0, 0.1) is 11.8 Å². The van der Waals surface area contributed by atoms with E-state index in [0.717, 1.165) is 37.5 Å². The molecule has 0 aliphatic carbocycles. The van der Waals surface area contributed by atoms with E-state index in [2.05, 4.69) is 29.5 Å². The van der Waals surface area contributed by atoms with Crippen molar-refractivity contribution in [2.75, 3.05) is 26.2 Å². The first-order valence-electron chi connectivity index (χ1n) is 10.6. The van der Waals surface area contributed by atoms with Crippen LogP contribution >= 0.6 is 0 Å². The maximum absolute atomic E-state index is 12.7. The van der Waals surface area contributed by atoms with Crippen molar-refractivity contribution >= 4 is 0 Å². The van der Waals surface area contributed by atoms with Gasteiger partial charge in [0.1, 0.15) is 18.1 Å². The molecule has 1 atom stereocenters. The van der Waals surface area contributed by atoms with Crippen LogP contribution in [0.25, 0.3) is 0 Å². The fraction of sp³-hybridized carbons (Fsp3) is 0.522. The minimum absolute atomic E-state index is 0.0758. The fourth-order valence-corrected chi connectivity index (χ4v) is 3.31. The summed E-state index contributed by atoms with van der Waals surface area (Å²) in [5, 5.41) is 6.85. The SMILES string of the molecule is CC(C)COc1cc(CNCC2CCNC2)cc(OCc2ccc(C(F)(F)F)cn2)c1. The second-order valence-electron chi connectivity index (χ2n) is 8.33. The Bertz CT molecular complexity index is 820. The summed E-state index contributed by atoms with van der Waals surface area (Å²) in [4.78, 5) is 3.86. The molecule has 1 aromatic carbocycles. The largest absolute Gasteiger partial charge is 0.493 e. The van der Waals surface area contributed by atoms with Crippen LogP contribution in [0.4, 0.5) is 13.2 Å². The van der Waals surface area contributed by atoms with Crippen LogP contribution < -0.4 is 20.1 Å². The highest BCUT2D eigenvalue weighted by molar-refractivity contribution is 5.38. The van der Waals surface area contributed by atoms with Crippen molar-refractivity contribution in [3.63, 3.8) is 0 Å². The number of nitrogens with one attached hydrogen (secondary N) is 2. The number of halogens is 3. The van der Waals surface area contributed by atoms with E-state index in [9.17, 15) is 13.2 Å². The number of aromatic nitrogens is 1. The summed E-state index contributed by atoms with van der Waals surface area (Å²) in [6.45, 7) is 8.56. The summed E-state index contributed by atoms with van der Waals surface area (Å²) in [5.41, 5.74) is 0.684. The zero-order valence-electron chi connectivity index (χ0n) is 18.0. The topological polar surface area (TPSA) is 55.4 Å². The number of pyridine rings is 1. The molecule has 2 aromatic rings. The van der Waals surface area contributed by atoms with E-state index < -0.39 is 11.7 Å². The molecular weight excluding hydrogens is 407 g/mol. The predicted octanol–water partition coefficient (Wildman–Crippen LogP) is 4.41. The number of benzene rings is 1. The molecule has 2 N–H and O–H groups in total. The second kappa shape index (κ2) is 10.8. The van der Waals surface area contributed by atoms with Gasteiger partial charge in [-0.2, -0.15) is 13.2 Å². The number of alkyl halides is 3. The number of hydrogen-bond acceptors (Lipinski definition) is 5. The van der Waals surface area contributed by atoms with Crippen LogP contribution in [-0.2, 0) is 19.3 Å². The Balaban J connectivity index is 1.63. The minimum atomic E-state index is -4.40. The van der Waals surface area contributed by atoms with Crippen molar-refractivity contribution in [2.24, 2.45) is 11.8 Å². The predicted molar refractivity (Wildman–Crippen MR) is 113 cm³/mol. The van der Waals surface area contributed by atoms with Crippen LogP contribution in [0.2, 0.25) is 0 Å². The average Bonchev–Trinajstić information content (AvgIpc) is 3.24. The zero-order valence-corrected chi connectivity index (χ0v) is 18.0. The first kappa shape index (κ1) is 23.3. The summed E-state index contributed by atoms with van der Waals surface area (Å²) < 4.78 is 49.8. The Morgan fingerprint density at radius 3 is 2.55 bits per heavy atom. The maximum atomic E-state index is 12.7. The fourth-order valence-electron chi connectivity index (χ4n) is 3.31. The van der Waals surface area contributed by atoms with Crippen LogP contribution in [0.3, 0.4) is 0 Å². The molecule has 0 spiro atoms. The van der Waals surface area contributed by atoms with Crippen molar-refractivity contribution in [1.82, 2.24) is 15.6 Å². The molecule has 0 amide bonds. The van der Waals surface area contributed by atoms with Crippen LogP contribution in [0.1, 0.15) is 37.1 Å². The van der Waals surface area contributed by atoms with Crippen molar-refractivity contribution in [3.8, 4) is 11.5 Å². The highest BCUT2D eigenvalue weighted by Crippen LogP contribution is 2.29.